The van der Waals surface area contributed by atoms with E-state index in [0.717, 1.165) is 18.1 Å². The van der Waals surface area contributed by atoms with Crippen molar-refractivity contribution in [2.45, 2.75) is 31.0 Å². The van der Waals surface area contributed by atoms with E-state index < -0.39 is 0 Å². The first-order valence-electron chi connectivity index (χ1n) is 5.51. The van der Waals surface area contributed by atoms with Gasteiger partial charge in [-0.1, -0.05) is 0 Å². The van der Waals surface area contributed by atoms with Crippen LogP contribution in [0.15, 0.2) is 0 Å². The Morgan fingerprint density at radius 1 is 1.15 bits per heavy atom. The zero-order valence-electron chi connectivity index (χ0n) is 8.37. The van der Waals surface area contributed by atoms with E-state index >= 15 is 0 Å². The molecule has 0 aliphatic carbocycles. The van der Waals surface area contributed by atoms with Crippen molar-refractivity contribution in [1.29, 1.82) is 0 Å². The topological polar surface area (TPSA) is 18.5 Å². The minimum Gasteiger partial charge on any atom is -0.315 e. The lowest BCUT2D eigenvalue weighted by molar-refractivity contribution is 0.114. The van der Waals surface area contributed by atoms with Gasteiger partial charge in [-0.05, 0) is 26.4 Å². The van der Waals surface area contributed by atoms with E-state index in [9.17, 15) is 0 Å². The molecule has 0 aromatic rings. The fraction of sp³-hybridized carbons (Fsp3) is 1.00. The molecule has 0 aromatic heterocycles. The zero-order valence-corrected chi connectivity index (χ0v) is 8.37. The van der Waals surface area contributed by atoms with Crippen LogP contribution in [-0.4, -0.2) is 61.2 Å². The summed E-state index contributed by atoms with van der Waals surface area (Å²) in [5.74, 6) is 0. The third-order valence-electron chi connectivity index (χ3n) is 4.06. The van der Waals surface area contributed by atoms with Crippen molar-refractivity contribution in [3.63, 3.8) is 0 Å². The molecule has 0 saturated carbocycles. The third-order valence-corrected chi connectivity index (χ3v) is 4.06. The van der Waals surface area contributed by atoms with E-state index in [1.54, 1.807) is 0 Å². The summed E-state index contributed by atoms with van der Waals surface area (Å²) in [6, 6.07) is 2.59. The Bertz CT molecular complexity index is 198. The molecule has 3 aliphatic rings. The van der Waals surface area contributed by atoms with Gasteiger partial charge in [-0.15, -0.1) is 0 Å². The average Bonchev–Trinajstić information content (AvgIpc) is 2.75. The molecule has 3 aliphatic heterocycles. The summed E-state index contributed by atoms with van der Waals surface area (Å²) >= 11 is 0. The van der Waals surface area contributed by atoms with Gasteiger partial charge < -0.3 is 10.2 Å². The molecule has 3 atom stereocenters. The molecule has 0 spiro atoms. The van der Waals surface area contributed by atoms with Crippen LogP contribution in [0.25, 0.3) is 0 Å². The van der Waals surface area contributed by atoms with Gasteiger partial charge in [0.2, 0.25) is 0 Å². The van der Waals surface area contributed by atoms with E-state index in [-0.39, 0.29) is 0 Å². The molecule has 2 bridgehead atoms. The number of nitrogens with zero attached hydrogens (tertiary/aromatic N) is 2. The monoisotopic (exact) mass is 181 g/mol. The minimum absolute atomic E-state index is 0.851. The molecule has 0 aromatic carbocycles. The highest BCUT2D eigenvalue weighted by molar-refractivity contribution is 5.01. The number of hydrogen-bond donors (Lipinski definition) is 1. The quantitative estimate of drug-likeness (QED) is 0.601. The second-order valence-corrected chi connectivity index (χ2v) is 4.83. The van der Waals surface area contributed by atoms with Crippen molar-refractivity contribution >= 4 is 0 Å². The van der Waals surface area contributed by atoms with E-state index in [0.29, 0.717) is 0 Å². The molecule has 0 unspecified atom stereocenters. The predicted molar refractivity (Wildman–Crippen MR) is 52.8 cm³/mol. The molecule has 0 radical (unpaired) electrons. The fourth-order valence-electron chi connectivity index (χ4n) is 3.27. The number of rotatable bonds is 1. The van der Waals surface area contributed by atoms with E-state index in [2.05, 4.69) is 22.2 Å². The molecule has 13 heavy (non-hydrogen) atoms. The zero-order chi connectivity index (χ0) is 8.84. The summed E-state index contributed by atoms with van der Waals surface area (Å²) in [6.07, 6.45) is 2.79. The third kappa shape index (κ3) is 1.22. The van der Waals surface area contributed by atoms with Gasteiger partial charge in [0.15, 0.2) is 0 Å². The van der Waals surface area contributed by atoms with Crippen LogP contribution in [0, 0.1) is 0 Å². The van der Waals surface area contributed by atoms with Gasteiger partial charge in [0.1, 0.15) is 0 Å². The summed E-state index contributed by atoms with van der Waals surface area (Å²) in [5, 5.41) is 3.46. The van der Waals surface area contributed by atoms with Crippen LogP contribution in [0.2, 0.25) is 0 Å². The Morgan fingerprint density at radius 3 is 2.62 bits per heavy atom. The second-order valence-electron chi connectivity index (χ2n) is 4.83. The Hall–Kier alpha value is -0.120. The summed E-state index contributed by atoms with van der Waals surface area (Å²) in [4.78, 5) is 5.29. The molecular weight excluding hydrogens is 162 g/mol. The predicted octanol–water partition coefficient (Wildman–Crippen LogP) is -0.263. The SMILES string of the molecule is CN1C[C@@H]2C[C@H]1CN2[C@@H]1CCNC1. The molecular formula is C10H19N3. The van der Waals surface area contributed by atoms with Crippen LogP contribution in [0.4, 0.5) is 0 Å². The van der Waals surface area contributed by atoms with Crippen molar-refractivity contribution in [3.8, 4) is 0 Å². The Kier molecular flexibility index (Phi) is 1.86. The van der Waals surface area contributed by atoms with Crippen molar-refractivity contribution in [1.82, 2.24) is 15.1 Å². The second kappa shape index (κ2) is 2.94. The lowest BCUT2D eigenvalue weighted by Crippen LogP contribution is -2.49. The molecule has 3 fully saturated rings. The number of nitrogens with one attached hydrogen (secondary N) is 1. The van der Waals surface area contributed by atoms with Gasteiger partial charge in [0.05, 0.1) is 0 Å². The first kappa shape index (κ1) is 8.21. The van der Waals surface area contributed by atoms with Crippen LogP contribution in [0.3, 0.4) is 0 Å². The lowest BCUT2D eigenvalue weighted by atomic mass is 10.2. The highest BCUT2D eigenvalue weighted by atomic mass is 15.4. The highest BCUT2D eigenvalue weighted by Gasteiger charge is 2.44. The van der Waals surface area contributed by atoms with Crippen molar-refractivity contribution < 1.29 is 0 Å². The highest BCUT2D eigenvalue weighted by Crippen LogP contribution is 2.31. The smallest absolute Gasteiger partial charge is 0.0242 e. The molecule has 3 heterocycles. The van der Waals surface area contributed by atoms with E-state index in [1.165, 1.54) is 39.0 Å². The molecule has 0 amide bonds. The summed E-state index contributed by atoms with van der Waals surface area (Å²) in [5.41, 5.74) is 0. The lowest BCUT2D eigenvalue weighted by Gasteiger charge is -2.35. The van der Waals surface area contributed by atoms with Gasteiger partial charge >= 0.3 is 0 Å². The number of likely N-dealkylation sites (tertiary alicyclic amines) is 2. The van der Waals surface area contributed by atoms with E-state index in [1.807, 2.05) is 0 Å². The molecule has 3 nitrogen and oxygen atoms in total. The van der Waals surface area contributed by atoms with Gasteiger partial charge in [-0.25, -0.2) is 0 Å². The van der Waals surface area contributed by atoms with E-state index in [4.69, 9.17) is 0 Å². The first-order valence-corrected chi connectivity index (χ1v) is 5.51. The van der Waals surface area contributed by atoms with Gasteiger partial charge in [-0.3, -0.25) is 4.90 Å². The summed E-state index contributed by atoms with van der Waals surface area (Å²) < 4.78 is 0. The summed E-state index contributed by atoms with van der Waals surface area (Å²) in [6.45, 7) is 5.09. The Morgan fingerprint density at radius 2 is 2.08 bits per heavy atom. The number of hydrogen-bond acceptors (Lipinski definition) is 3. The summed E-state index contributed by atoms with van der Waals surface area (Å²) in [7, 11) is 2.27. The normalized spacial score (nSPS) is 46.4. The number of piperazine rings is 1. The molecule has 74 valence electrons. The Balaban J connectivity index is 1.68. The van der Waals surface area contributed by atoms with Crippen LogP contribution >= 0.6 is 0 Å². The van der Waals surface area contributed by atoms with Crippen LogP contribution in [0.5, 0.6) is 0 Å². The van der Waals surface area contributed by atoms with Crippen LogP contribution in [0.1, 0.15) is 12.8 Å². The molecule has 3 saturated heterocycles. The molecule has 3 heteroatoms. The van der Waals surface area contributed by atoms with Crippen molar-refractivity contribution in [2.75, 3.05) is 33.2 Å². The largest absolute Gasteiger partial charge is 0.315 e. The van der Waals surface area contributed by atoms with Crippen molar-refractivity contribution in [2.24, 2.45) is 0 Å². The van der Waals surface area contributed by atoms with Gasteiger partial charge in [0.25, 0.3) is 0 Å². The molecule has 1 N–H and O–H groups in total. The minimum atomic E-state index is 0.851. The maximum atomic E-state index is 3.46. The van der Waals surface area contributed by atoms with Gasteiger partial charge in [-0.2, -0.15) is 0 Å². The standard InChI is InChI=1S/C10H19N3/c1-12-6-10-4-9(12)7-13(10)8-2-3-11-5-8/h8-11H,2-7H2,1H3/t8-,9+,10+/m1/s1. The Labute approximate surface area is 80.1 Å². The average molecular weight is 181 g/mol. The number of likely N-dealkylation sites (N-methyl/N-ethyl adjacent to an activating group) is 1. The van der Waals surface area contributed by atoms with Crippen LogP contribution in [-0.2, 0) is 0 Å². The molecule has 3 rings (SSSR count). The van der Waals surface area contributed by atoms with Gasteiger partial charge in [0, 0.05) is 37.8 Å². The maximum absolute atomic E-state index is 3.46. The van der Waals surface area contributed by atoms with Crippen molar-refractivity contribution in [3.05, 3.63) is 0 Å². The maximum Gasteiger partial charge on any atom is 0.0242 e. The number of fused-ring (bicyclic) bond motifs is 2. The first-order chi connectivity index (χ1) is 6.34. The van der Waals surface area contributed by atoms with Crippen LogP contribution < -0.4 is 5.32 Å². The fourth-order valence-corrected chi connectivity index (χ4v) is 3.27.